The molecule has 0 saturated heterocycles. The third-order valence-electron chi connectivity index (χ3n) is 2.96. The number of benzene rings is 1. The molecule has 0 spiro atoms. The molecular formula is C11H11F3O. The van der Waals surface area contributed by atoms with Crippen molar-refractivity contribution in [1.82, 2.24) is 0 Å². The minimum Gasteiger partial charge on any atom is -0.385 e. The van der Waals surface area contributed by atoms with Crippen molar-refractivity contribution < 1.29 is 18.3 Å². The monoisotopic (exact) mass is 216 g/mol. The van der Waals surface area contributed by atoms with E-state index in [1.807, 2.05) is 6.92 Å². The zero-order valence-corrected chi connectivity index (χ0v) is 8.17. The van der Waals surface area contributed by atoms with Crippen molar-refractivity contribution in [2.75, 3.05) is 0 Å². The number of alkyl halides is 3. The van der Waals surface area contributed by atoms with Gasteiger partial charge in [-0.05, 0) is 30.0 Å². The van der Waals surface area contributed by atoms with Crippen LogP contribution >= 0.6 is 0 Å². The van der Waals surface area contributed by atoms with E-state index in [4.69, 9.17) is 0 Å². The summed E-state index contributed by atoms with van der Waals surface area (Å²) in [7, 11) is 0. The van der Waals surface area contributed by atoms with Gasteiger partial charge in [0.05, 0.1) is 11.2 Å². The minimum atomic E-state index is -4.34. The number of aliphatic hydroxyl groups is 1. The van der Waals surface area contributed by atoms with E-state index >= 15 is 0 Å². The first kappa shape index (κ1) is 10.5. The minimum absolute atomic E-state index is 0.0426. The van der Waals surface area contributed by atoms with E-state index in [1.54, 1.807) is 6.07 Å². The van der Waals surface area contributed by atoms with Crippen LogP contribution in [0.15, 0.2) is 24.3 Å². The maximum Gasteiger partial charge on any atom is 0.416 e. The summed E-state index contributed by atoms with van der Waals surface area (Å²) in [6.45, 7) is 1.82. The molecule has 82 valence electrons. The second-order valence-corrected chi connectivity index (χ2v) is 4.11. The lowest BCUT2D eigenvalue weighted by Crippen LogP contribution is -2.11. The molecule has 2 rings (SSSR count). The van der Waals surface area contributed by atoms with Crippen molar-refractivity contribution in [3.05, 3.63) is 35.4 Å². The van der Waals surface area contributed by atoms with Gasteiger partial charge < -0.3 is 5.11 Å². The summed E-state index contributed by atoms with van der Waals surface area (Å²) in [4.78, 5) is 0. The molecule has 4 heteroatoms. The Bertz CT molecular complexity index is 386. The fraction of sp³-hybridized carbons (Fsp3) is 0.455. The zero-order chi connectivity index (χ0) is 11.3. The molecule has 1 aliphatic carbocycles. The third-order valence-corrected chi connectivity index (χ3v) is 2.96. The van der Waals surface area contributed by atoms with E-state index in [0.29, 0.717) is 12.0 Å². The summed E-state index contributed by atoms with van der Waals surface area (Å²) in [5.41, 5.74) is -1.38. The van der Waals surface area contributed by atoms with Gasteiger partial charge in [-0.2, -0.15) is 13.2 Å². The van der Waals surface area contributed by atoms with Crippen LogP contribution in [-0.2, 0) is 11.8 Å². The van der Waals surface area contributed by atoms with Crippen LogP contribution in [0.25, 0.3) is 0 Å². The van der Waals surface area contributed by atoms with Crippen molar-refractivity contribution in [1.29, 1.82) is 0 Å². The maximum atomic E-state index is 12.4. The van der Waals surface area contributed by atoms with Crippen LogP contribution in [0, 0.1) is 5.92 Å². The fourth-order valence-corrected chi connectivity index (χ4v) is 1.78. The number of hydrogen-bond acceptors (Lipinski definition) is 1. The topological polar surface area (TPSA) is 20.2 Å². The van der Waals surface area contributed by atoms with Crippen molar-refractivity contribution in [3.63, 3.8) is 0 Å². The molecule has 0 aliphatic heterocycles. The van der Waals surface area contributed by atoms with E-state index in [9.17, 15) is 18.3 Å². The fourth-order valence-electron chi connectivity index (χ4n) is 1.78. The Hall–Kier alpha value is -1.03. The molecule has 1 aromatic carbocycles. The molecule has 1 nitrogen and oxygen atoms in total. The maximum absolute atomic E-state index is 12.4. The van der Waals surface area contributed by atoms with Crippen LogP contribution in [0.5, 0.6) is 0 Å². The lowest BCUT2D eigenvalue weighted by atomic mass is 10.0. The van der Waals surface area contributed by atoms with Crippen molar-refractivity contribution in [2.45, 2.75) is 25.1 Å². The van der Waals surface area contributed by atoms with Crippen LogP contribution < -0.4 is 0 Å². The summed E-state index contributed by atoms with van der Waals surface area (Å²) >= 11 is 0. The zero-order valence-electron chi connectivity index (χ0n) is 8.17. The Balaban J connectivity index is 2.36. The van der Waals surface area contributed by atoms with Crippen molar-refractivity contribution in [2.24, 2.45) is 5.92 Å². The molecule has 1 aliphatic rings. The van der Waals surface area contributed by atoms with Gasteiger partial charge in [0, 0.05) is 0 Å². The predicted molar refractivity (Wildman–Crippen MR) is 49.1 cm³/mol. The van der Waals surface area contributed by atoms with E-state index in [1.165, 1.54) is 6.07 Å². The van der Waals surface area contributed by atoms with Crippen LogP contribution in [0.4, 0.5) is 13.2 Å². The van der Waals surface area contributed by atoms with E-state index in [2.05, 4.69) is 0 Å². The highest BCUT2D eigenvalue weighted by Crippen LogP contribution is 2.51. The molecule has 0 amide bonds. The Morgan fingerprint density at radius 2 is 2.00 bits per heavy atom. The molecule has 2 unspecified atom stereocenters. The highest BCUT2D eigenvalue weighted by atomic mass is 19.4. The number of halogens is 3. The summed E-state index contributed by atoms with van der Waals surface area (Å²) in [6.07, 6.45) is -3.81. The molecule has 15 heavy (non-hydrogen) atoms. The van der Waals surface area contributed by atoms with E-state index < -0.39 is 17.3 Å². The lowest BCUT2D eigenvalue weighted by molar-refractivity contribution is -0.137. The third kappa shape index (κ3) is 1.74. The van der Waals surface area contributed by atoms with E-state index in [-0.39, 0.29) is 5.92 Å². The van der Waals surface area contributed by atoms with Gasteiger partial charge in [-0.3, -0.25) is 0 Å². The molecule has 0 radical (unpaired) electrons. The summed E-state index contributed by atoms with van der Waals surface area (Å²) in [6, 6.07) is 4.92. The average molecular weight is 216 g/mol. The Morgan fingerprint density at radius 1 is 1.40 bits per heavy atom. The smallest absolute Gasteiger partial charge is 0.385 e. The number of hydrogen-bond donors (Lipinski definition) is 1. The van der Waals surface area contributed by atoms with Crippen molar-refractivity contribution >= 4 is 0 Å². The highest BCUT2D eigenvalue weighted by molar-refractivity contribution is 5.34. The first-order valence-corrected chi connectivity index (χ1v) is 4.74. The predicted octanol–water partition coefficient (Wildman–Crippen LogP) is 2.93. The Morgan fingerprint density at radius 3 is 2.47 bits per heavy atom. The largest absolute Gasteiger partial charge is 0.416 e. The molecule has 0 bridgehead atoms. The summed E-state index contributed by atoms with van der Waals surface area (Å²) in [5, 5.41) is 9.89. The van der Waals surface area contributed by atoms with Gasteiger partial charge in [0.2, 0.25) is 0 Å². The van der Waals surface area contributed by atoms with Crippen LogP contribution in [0.3, 0.4) is 0 Å². The second kappa shape index (κ2) is 2.98. The van der Waals surface area contributed by atoms with Gasteiger partial charge in [-0.25, -0.2) is 0 Å². The molecule has 0 aromatic heterocycles. The summed E-state index contributed by atoms with van der Waals surface area (Å²) < 4.78 is 37.2. The normalized spacial score (nSPS) is 30.3. The lowest BCUT2D eigenvalue weighted by Gasteiger charge is -2.12. The number of rotatable bonds is 1. The van der Waals surface area contributed by atoms with Crippen LogP contribution in [-0.4, -0.2) is 5.11 Å². The first-order valence-electron chi connectivity index (χ1n) is 4.74. The highest BCUT2D eigenvalue weighted by Gasteiger charge is 2.51. The van der Waals surface area contributed by atoms with Gasteiger partial charge in [-0.1, -0.05) is 19.1 Å². The Kier molecular flexibility index (Phi) is 2.08. The average Bonchev–Trinajstić information content (AvgIpc) is 2.75. The molecule has 2 atom stereocenters. The van der Waals surface area contributed by atoms with Gasteiger partial charge >= 0.3 is 6.18 Å². The van der Waals surface area contributed by atoms with Crippen LogP contribution in [0.2, 0.25) is 0 Å². The quantitative estimate of drug-likeness (QED) is 0.765. The molecule has 0 heterocycles. The molecule has 1 N–H and O–H groups in total. The standard InChI is InChI=1S/C11H11F3O/c1-7-6-10(7,15)8-3-2-4-9(5-8)11(12,13)14/h2-5,7,15H,6H2,1H3. The molecule has 1 fully saturated rings. The molecule has 1 aromatic rings. The van der Waals surface area contributed by atoms with Gasteiger partial charge in [0.1, 0.15) is 0 Å². The Labute approximate surface area is 85.5 Å². The van der Waals surface area contributed by atoms with Gasteiger partial charge in [0.25, 0.3) is 0 Å². The molecule has 1 saturated carbocycles. The van der Waals surface area contributed by atoms with Crippen molar-refractivity contribution in [3.8, 4) is 0 Å². The first-order chi connectivity index (χ1) is 6.84. The second-order valence-electron chi connectivity index (χ2n) is 4.11. The summed E-state index contributed by atoms with van der Waals surface area (Å²) in [5.74, 6) is 0.0426. The van der Waals surface area contributed by atoms with Gasteiger partial charge in [0.15, 0.2) is 0 Å². The SMILES string of the molecule is CC1CC1(O)c1cccc(C(F)(F)F)c1. The van der Waals surface area contributed by atoms with E-state index in [0.717, 1.165) is 12.1 Å². The molecular weight excluding hydrogens is 205 g/mol. The van der Waals surface area contributed by atoms with Gasteiger partial charge in [-0.15, -0.1) is 0 Å². The van der Waals surface area contributed by atoms with Crippen LogP contribution in [0.1, 0.15) is 24.5 Å².